The molecule has 1 unspecified atom stereocenters. The molecule has 2 aromatic rings. The molecule has 3 heterocycles. The van der Waals surface area contributed by atoms with Crippen LogP contribution in [0.3, 0.4) is 0 Å². The first-order valence-electron chi connectivity index (χ1n) is 11.6. The van der Waals surface area contributed by atoms with Gasteiger partial charge in [0.05, 0.1) is 5.39 Å². The van der Waals surface area contributed by atoms with Crippen molar-refractivity contribution in [2.24, 2.45) is 0 Å². The number of nitrogens with one attached hydrogen (secondary N) is 1. The zero-order valence-corrected chi connectivity index (χ0v) is 19.0. The van der Waals surface area contributed by atoms with E-state index in [0.717, 1.165) is 49.4 Å². The standard InChI is InChI=1S/C23H33N5OS/c1-27(2)17-8-6-16(7-9-17)26-22-21-20-15(13-19(29)28-11-3-4-12-28)5-10-18(20)30-23(21)25-14-24-22/h14-17H,3-13H2,1-2H3,(H,24,25,26)/t15?,16-,17-. The normalized spacial score (nSPS) is 26.5. The van der Waals surface area contributed by atoms with Crippen molar-refractivity contribution in [2.45, 2.75) is 75.8 Å². The molecule has 1 aliphatic heterocycles. The van der Waals surface area contributed by atoms with Gasteiger partial charge in [-0.25, -0.2) is 9.97 Å². The molecule has 30 heavy (non-hydrogen) atoms. The summed E-state index contributed by atoms with van der Waals surface area (Å²) in [6.07, 6.45) is 11.6. The minimum absolute atomic E-state index is 0.317. The van der Waals surface area contributed by atoms with Crippen LogP contribution in [0, 0.1) is 0 Å². The molecule has 6 nitrogen and oxygen atoms in total. The van der Waals surface area contributed by atoms with Gasteiger partial charge in [0, 0.05) is 36.5 Å². The highest BCUT2D eigenvalue weighted by Gasteiger charge is 2.33. The van der Waals surface area contributed by atoms with Gasteiger partial charge in [-0.05, 0) is 76.9 Å². The molecule has 0 radical (unpaired) electrons. The van der Waals surface area contributed by atoms with E-state index in [1.54, 1.807) is 6.33 Å². The number of carbonyl (C=O) groups excluding carboxylic acids is 1. The van der Waals surface area contributed by atoms with Crippen molar-refractivity contribution >= 4 is 33.3 Å². The van der Waals surface area contributed by atoms with Crippen LogP contribution in [0.5, 0.6) is 0 Å². The Morgan fingerprint density at radius 2 is 1.93 bits per heavy atom. The molecule has 2 aliphatic carbocycles. The number of fused-ring (bicyclic) bond motifs is 3. The second-order valence-corrected chi connectivity index (χ2v) is 10.6. The smallest absolute Gasteiger partial charge is 0.223 e. The summed E-state index contributed by atoms with van der Waals surface area (Å²) in [7, 11) is 4.37. The number of rotatable bonds is 5. The van der Waals surface area contributed by atoms with E-state index in [2.05, 4.69) is 39.2 Å². The van der Waals surface area contributed by atoms with Crippen molar-refractivity contribution in [3.05, 3.63) is 16.8 Å². The summed E-state index contributed by atoms with van der Waals surface area (Å²) in [6, 6.07) is 1.17. The minimum atomic E-state index is 0.317. The maximum atomic E-state index is 12.8. The highest BCUT2D eigenvalue weighted by atomic mass is 32.1. The van der Waals surface area contributed by atoms with Crippen molar-refractivity contribution in [3.8, 4) is 0 Å². The molecule has 3 aliphatic rings. The molecule has 162 valence electrons. The molecule has 0 aromatic carbocycles. The average molecular weight is 428 g/mol. The Balaban J connectivity index is 1.36. The highest BCUT2D eigenvalue weighted by molar-refractivity contribution is 7.19. The Hall–Kier alpha value is -1.73. The second kappa shape index (κ2) is 8.42. The van der Waals surface area contributed by atoms with E-state index < -0.39 is 0 Å². The number of hydrogen-bond acceptors (Lipinski definition) is 6. The Morgan fingerprint density at radius 1 is 1.17 bits per heavy atom. The van der Waals surface area contributed by atoms with Gasteiger partial charge in [0.1, 0.15) is 17.0 Å². The monoisotopic (exact) mass is 427 g/mol. The molecular weight excluding hydrogens is 394 g/mol. The number of carbonyl (C=O) groups is 1. The van der Waals surface area contributed by atoms with Gasteiger partial charge in [0.2, 0.25) is 5.91 Å². The molecule has 2 aromatic heterocycles. The van der Waals surface area contributed by atoms with Crippen LogP contribution in [0.4, 0.5) is 5.82 Å². The van der Waals surface area contributed by atoms with Gasteiger partial charge in [-0.2, -0.15) is 0 Å². The predicted octanol–water partition coefficient (Wildman–Crippen LogP) is 4.02. The van der Waals surface area contributed by atoms with E-state index in [1.165, 1.54) is 41.5 Å². The molecule has 1 saturated heterocycles. The first kappa shape index (κ1) is 20.2. The maximum Gasteiger partial charge on any atom is 0.223 e. The lowest BCUT2D eigenvalue weighted by atomic mass is 9.90. The molecule has 1 N–H and O–H groups in total. The third-order valence-corrected chi connectivity index (χ3v) is 8.55. The number of aryl methyl sites for hydroxylation is 1. The minimum Gasteiger partial charge on any atom is -0.367 e. The van der Waals surface area contributed by atoms with E-state index in [0.29, 0.717) is 30.3 Å². The SMILES string of the molecule is CN(C)[C@H]1CC[C@H](Nc2ncnc3sc4c(c23)C(CC(=O)N2CCCC2)CC4)CC1. The summed E-state index contributed by atoms with van der Waals surface area (Å²) >= 11 is 1.81. The molecular formula is C23H33N5OS. The predicted molar refractivity (Wildman–Crippen MR) is 122 cm³/mol. The van der Waals surface area contributed by atoms with Gasteiger partial charge in [-0.15, -0.1) is 11.3 Å². The van der Waals surface area contributed by atoms with E-state index >= 15 is 0 Å². The Kier molecular flexibility index (Phi) is 5.67. The number of hydrogen-bond donors (Lipinski definition) is 1. The third-order valence-electron chi connectivity index (χ3n) is 7.38. The van der Waals surface area contributed by atoms with Gasteiger partial charge in [-0.1, -0.05) is 0 Å². The summed E-state index contributed by atoms with van der Waals surface area (Å²) < 4.78 is 0. The molecule has 2 fully saturated rings. The largest absolute Gasteiger partial charge is 0.367 e. The summed E-state index contributed by atoms with van der Waals surface area (Å²) in [6.45, 7) is 1.88. The Labute approximate surface area is 183 Å². The third kappa shape index (κ3) is 3.82. The summed E-state index contributed by atoms with van der Waals surface area (Å²) in [5, 5.41) is 4.97. The maximum absolute atomic E-state index is 12.8. The average Bonchev–Trinajstić information content (AvgIpc) is 3.46. The summed E-state index contributed by atoms with van der Waals surface area (Å²) in [4.78, 5) is 29.0. The lowest BCUT2D eigenvalue weighted by Gasteiger charge is -2.33. The molecule has 7 heteroatoms. The summed E-state index contributed by atoms with van der Waals surface area (Å²) in [5.74, 6) is 1.64. The number of likely N-dealkylation sites (tertiary alicyclic amines) is 1. The zero-order valence-electron chi connectivity index (χ0n) is 18.2. The van der Waals surface area contributed by atoms with Gasteiger partial charge in [-0.3, -0.25) is 4.79 Å². The van der Waals surface area contributed by atoms with E-state index in [9.17, 15) is 4.79 Å². The van der Waals surface area contributed by atoms with Crippen LogP contribution in [0.1, 0.15) is 67.7 Å². The molecule has 1 saturated carbocycles. The van der Waals surface area contributed by atoms with E-state index in [-0.39, 0.29) is 0 Å². The number of anilines is 1. The highest BCUT2D eigenvalue weighted by Crippen LogP contribution is 2.47. The topological polar surface area (TPSA) is 61.4 Å². The lowest BCUT2D eigenvalue weighted by Crippen LogP contribution is -2.36. The van der Waals surface area contributed by atoms with Gasteiger partial charge >= 0.3 is 0 Å². The van der Waals surface area contributed by atoms with E-state index in [1.807, 2.05) is 11.3 Å². The fourth-order valence-corrected chi connectivity index (χ4v) is 6.86. The summed E-state index contributed by atoms with van der Waals surface area (Å²) in [5.41, 5.74) is 1.37. The van der Waals surface area contributed by atoms with Crippen LogP contribution in [-0.2, 0) is 11.2 Å². The van der Waals surface area contributed by atoms with Crippen LogP contribution >= 0.6 is 11.3 Å². The van der Waals surface area contributed by atoms with Crippen LogP contribution in [0.25, 0.3) is 10.2 Å². The first-order valence-corrected chi connectivity index (χ1v) is 12.4. The van der Waals surface area contributed by atoms with E-state index in [4.69, 9.17) is 0 Å². The van der Waals surface area contributed by atoms with Gasteiger partial charge in [0.25, 0.3) is 0 Å². The van der Waals surface area contributed by atoms with Crippen molar-refractivity contribution in [2.75, 3.05) is 32.5 Å². The van der Waals surface area contributed by atoms with Crippen LogP contribution in [0.15, 0.2) is 6.33 Å². The quantitative estimate of drug-likeness (QED) is 0.781. The molecule has 0 bridgehead atoms. The molecule has 5 rings (SSSR count). The van der Waals surface area contributed by atoms with Gasteiger partial charge in [0.15, 0.2) is 0 Å². The number of thiophene rings is 1. The first-order chi connectivity index (χ1) is 14.6. The number of amides is 1. The molecule has 0 spiro atoms. The van der Waals surface area contributed by atoms with Crippen molar-refractivity contribution < 1.29 is 4.79 Å². The number of nitrogens with zero attached hydrogens (tertiary/aromatic N) is 4. The number of aromatic nitrogens is 2. The lowest BCUT2D eigenvalue weighted by molar-refractivity contribution is -0.130. The Bertz CT molecular complexity index is 912. The van der Waals surface area contributed by atoms with Crippen LogP contribution in [0.2, 0.25) is 0 Å². The molecule has 1 atom stereocenters. The van der Waals surface area contributed by atoms with Crippen molar-refractivity contribution in [3.63, 3.8) is 0 Å². The fraction of sp³-hybridized carbons (Fsp3) is 0.696. The molecule has 1 amide bonds. The Morgan fingerprint density at radius 3 is 2.67 bits per heavy atom. The van der Waals surface area contributed by atoms with Crippen LogP contribution < -0.4 is 5.32 Å². The second-order valence-electron chi connectivity index (χ2n) is 9.48. The van der Waals surface area contributed by atoms with Crippen LogP contribution in [-0.4, -0.2) is 64.9 Å². The zero-order chi connectivity index (χ0) is 20.7. The van der Waals surface area contributed by atoms with Crippen molar-refractivity contribution in [1.29, 1.82) is 0 Å². The van der Waals surface area contributed by atoms with Crippen molar-refractivity contribution in [1.82, 2.24) is 19.8 Å². The van der Waals surface area contributed by atoms with Gasteiger partial charge < -0.3 is 15.1 Å². The fourth-order valence-electron chi connectivity index (χ4n) is 5.62.